The van der Waals surface area contributed by atoms with Crippen LogP contribution in [-0.4, -0.2) is 53.4 Å². The summed E-state index contributed by atoms with van der Waals surface area (Å²) in [4.78, 5) is 23.7. The molecule has 1 saturated heterocycles. The zero-order chi connectivity index (χ0) is 20.4. The SMILES string of the molecule is CC(O)C(=O)NCc1cccc(-c2cc3nc(Cl)nc(N4CCOCC4)c3s2)c1. The quantitative estimate of drug-likeness (QED) is 0.603. The largest absolute Gasteiger partial charge is 0.384 e. The number of halogens is 1. The number of nitrogens with one attached hydrogen (secondary N) is 1. The van der Waals surface area contributed by atoms with Crippen molar-refractivity contribution in [2.75, 3.05) is 31.2 Å². The Morgan fingerprint density at radius 3 is 2.90 bits per heavy atom. The summed E-state index contributed by atoms with van der Waals surface area (Å²) in [5, 5.41) is 12.3. The molecule has 9 heteroatoms. The van der Waals surface area contributed by atoms with Crippen molar-refractivity contribution in [2.24, 2.45) is 0 Å². The second kappa shape index (κ2) is 8.62. The van der Waals surface area contributed by atoms with Crippen molar-refractivity contribution < 1.29 is 14.6 Å². The standard InChI is InChI=1S/C20H21ClN4O3S/c1-12(26)19(27)22-11-13-3-2-4-14(9-13)16-10-15-17(29-16)18(24-20(21)23-15)25-5-7-28-8-6-25/h2-4,9-10,12,26H,5-8,11H2,1H3,(H,22,27). The van der Waals surface area contributed by atoms with Crippen LogP contribution in [-0.2, 0) is 16.1 Å². The third-order valence-electron chi connectivity index (χ3n) is 4.69. The number of rotatable bonds is 5. The number of benzene rings is 1. The van der Waals surface area contributed by atoms with E-state index in [0.717, 1.165) is 45.1 Å². The number of aliphatic hydroxyl groups is 1. The van der Waals surface area contributed by atoms with Crippen LogP contribution in [0.3, 0.4) is 0 Å². The molecule has 0 radical (unpaired) electrons. The van der Waals surface area contributed by atoms with Gasteiger partial charge >= 0.3 is 0 Å². The van der Waals surface area contributed by atoms with Gasteiger partial charge in [-0.1, -0.05) is 18.2 Å². The van der Waals surface area contributed by atoms with Crippen molar-refractivity contribution in [3.63, 3.8) is 0 Å². The number of morpholine rings is 1. The average Bonchev–Trinajstić information content (AvgIpc) is 3.16. The van der Waals surface area contributed by atoms with Crippen molar-refractivity contribution >= 4 is 44.9 Å². The van der Waals surface area contributed by atoms with Gasteiger partial charge in [-0.3, -0.25) is 4.79 Å². The lowest BCUT2D eigenvalue weighted by molar-refractivity contribution is -0.128. The Bertz CT molecular complexity index is 1030. The van der Waals surface area contributed by atoms with Gasteiger partial charge in [-0.05, 0) is 41.8 Å². The summed E-state index contributed by atoms with van der Waals surface area (Å²) in [5.74, 6) is 0.456. The fourth-order valence-corrected chi connectivity index (χ4v) is 4.47. The molecule has 1 aliphatic rings. The van der Waals surface area contributed by atoms with Gasteiger partial charge in [0.05, 0.1) is 23.4 Å². The first kappa shape index (κ1) is 20.0. The normalized spacial score (nSPS) is 15.5. The molecule has 3 heterocycles. The molecule has 0 bridgehead atoms. The number of thiophene rings is 1. The van der Waals surface area contributed by atoms with Crippen LogP contribution in [0.25, 0.3) is 20.7 Å². The van der Waals surface area contributed by atoms with Gasteiger partial charge < -0.3 is 20.1 Å². The zero-order valence-corrected chi connectivity index (χ0v) is 17.5. The maximum atomic E-state index is 11.6. The van der Waals surface area contributed by atoms with E-state index < -0.39 is 12.0 Å². The Kier molecular flexibility index (Phi) is 5.96. The van der Waals surface area contributed by atoms with Crippen molar-refractivity contribution in [3.8, 4) is 10.4 Å². The molecule has 3 aromatic rings. The zero-order valence-electron chi connectivity index (χ0n) is 15.9. The summed E-state index contributed by atoms with van der Waals surface area (Å²) in [5.41, 5.74) is 2.80. The lowest BCUT2D eigenvalue weighted by Gasteiger charge is -2.28. The molecule has 1 aliphatic heterocycles. The molecule has 1 atom stereocenters. The van der Waals surface area contributed by atoms with Crippen LogP contribution in [0.5, 0.6) is 0 Å². The molecule has 1 unspecified atom stereocenters. The third-order valence-corrected chi connectivity index (χ3v) is 6.03. The van der Waals surface area contributed by atoms with E-state index >= 15 is 0 Å². The second-order valence-corrected chi connectivity index (χ2v) is 8.23. The molecule has 1 aromatic carbocycles. The highest BCUT2D eigenvalue weighted by Gasteiger charge is 2.19. The number of nitrogens with zero attached hydrogens (tertiary/aromatic N) is 3. The summed E-state index contributed by atoms with van der Waals surface area (Å²) in [6.07, 6.45) is -1.03. The molecule has 152 valence electrons. The Hall–Kier alpha value is -2.26. The van der Waals surface area contributed by atoms with E-state index in [4.69, 9.17) is 16.3 Å². The van der Waals surface area contributed by atoms with Gasteiger partial charge in [0.25, 0.3) is 0 Å². The highest BCUT2D eigenvalue weighted by molar-refractivity contribution is 7.22. The van der Waals surface area contributed by atoms with E-state index in [2.05, 4.69) is 20.2 Å². The van der Waals surface area contributed by atoms with Gasteiger partial charge in [0.15, 0.2) is 5.82 Å². The third kappa shape index (κ3) is 4.51. The van der Waals surface area contributed by atoms with E-state index in [0.29, 0.717) is 19.8 Å². The first-order valence-corrected chi connectivity index (χ1v) is 10.6. The molecule has 4 rings (SSSR count). The van der Waals surface area contributed by atoms with Gasteiger partial charge in [0, 0.05) is 24.5 Å². The highest BCUT2D eigenvalue weighted by Crippen LogP contribution is 2.38. The van der Waals surface area contributed by atoms with Crippen molar-refractivity contribution in [3.05, 3.63) is 41.2 Å². The Balaban J connectivity index is 1.64. The minimum atomic E-state index is -1.03. The van der Waals surface area contributed by atoms with Gasteiger partial charge in [-0.15, -0.1) is 11.3 Å². The number of amides is 1. The summed E-state index contributed by atoms with van der Waals surface area (Å²) in [6.45, 7) is 4.68. The molecule has 0 spiro atoms. The van der Waals surface area contributed by atoms with E-state index in [1.807, 2.05) is 30.3 Å². The molecule has 2 N–H and O–H groups in total. The molecule has 2 aromatic heterocycles. The fourth-order valence-electron chi connectivity index (χ4n) is 3.19. The Morgan fingerprint density at radius 1 is 1.34 bits per heavy atom. The van der Waals surface area contributed by atoms with Crippen LogP contribution in [0.15, 0.2) is 30.3 Å². The number of aromatic nitrogens is 2. The number of aliphatic hydroxyl groups excluding tert-OH is 1. The second-order valence-electron chi connectivity index (χ2n) is 6.83. The van der Waals surface area contributed by atoms with Crippen LogP contribution in [0.2, 0.25) is 5.28 Å². The fraction of sp³-hybridized carbons (Fsp3) is 0.350. The van der Waals surface area contributed by atoms with Crippen LogP contribution >= 0.6 is 22.9 Å². The maximum absolute atomic E-state index is 11.6. The van der Waals surface area contributed by atoms with E-state index in [1.165, 1.54) is 6.92 Å². The monoisotopic (exact) mass is 432 g/mol. The van der Waals surface area contributed by atoms with Crippen LogP contribution in [0.4, 0.5) is 5.82 Å². The molecule has 29 heavy (non-hydrogen) atoms. The molecule has 7 nitrogen and oxygen atoms in total. The highest BCUT2D eigenvalue weighted by atomic mass is 35.5. The summed E-state index contributed by atoms with van der Waals surface area (Å²) < 4.78 is 6.44. The molecular weight excluding hydrogens is 412 g/mol. The number of hydrogen-bond acceptors (Lipinski definition) is 7. The molecule has 0 saturated carbocycles. The molecule has 1 fully saturated rings. The van der Waals surface area contributed by atoms with E-state index in [-0.39, 0.29) is 5.28 Å². The Labute approximate surface area is 177 Å². The number of fused-ring (bicyclic) bond motifs is 1. The minimum Gasteiger partial charge on any atom is -0.384 e. The van der Waals surface area contributed by atoms with E-state index in [1.54, 1.807) is 11.3 Å². The van der Waals surface area contributed by atoms with Gasteiger partial charge in [0.2, 0.25) is 11.2 Å². The summed E-state index contributed by atoms with van der Waals surface area (Å²) in [7, 11) is 0. The Morgan fingerprint density at radius 2 is 2.14 bits per heavy atom. The smallest absolute Gasteiger partial charge is 0.248 e. The van der Waals surface area contributed by atoms with E-state index in [9.17, 15) is 9.90 Å². The number of carbonyl (C=O) groups excluding carboxylic acids is 1. The van der Waals surface area contributed by atoms with Crippen LogP contribution in [0.1, 0.15) is 12.5 Å². The predicted molar refractivity (Wildman–Crippen MR) is 114 cm³/mol. The minimum absolute atomic E-state index is 0.234. The number of ether oxygens (including phenoxy) is 1. The lowest BCUT2D eigenvalue weighted by atomic mass is 10.1. The summed E-state index contributed by atoms with van der Waals surface area (Å²) >= 11 is 7.81. The van der Waals surface area contributed by atoms with Crippen molar-refractivity contribution in [1.29, 1.82) is 0 Å². The molecular formula is C20H21ClN4O3S. The number of anilines is 1. The maximum Gasteiger partial charge on any atom is 0.248 e. The van der Waals surface area contributed by atoms with Crippen LogP contribution in [0, 0.1) is 0 Å². The van der Waals surface area contributed by atoms with Crippen LogP contribution < -0.4 is 10.2 Å². The van der Waals surface area contributed by atoms with Gasteiger partial charge in [-0.25, -0.2) is 4.98 Å². The topological polar surface area (TPSA) is 87.6 Å². The molecule has 0 aliphatic carbocycles. The van der Waals surface area contributed by atoms with Crippen molar-refractivity contribution in [2.45, 2.75) is 19.6 Å². The molecule has 1 amide bonds. The number of hydrogen-bond donors (Lipinski definition) is 2. The number of carbonyl (C=O) groups is 1. The predicted octanol–water partition coefficient (Wildman–Crippen LogP) is 2.85. The van der Waals surface area contributed by atoms with Gasteiger partial charge in [0.1, 0.15) is 6.10 Å². The summed E-state index contributed by atoms with van der Waals surface area (Å²) in [6, 6.07) is 9.95. The lowest BCUT2D eigenvalue weighted by Crippen LogP contribution is -2.36. The average molecular weight is 433 g/mol. The van der Waals surface area contributed by atoms with Crippen molar-refractivity contribution in [1.82, 2.24) is 15.3 Å². The first-order chi connectivity index (χ1) is 14.0. The van der Waals surface area contributed by atoms with Gasteiger partial charge in [-0.2, -0.15) is 4.98 Å². The first-order valence-electron chi connectivity index (χ1n) is 9.36.